The Hall–Kier alpha value is -3.08. The molecule has 3 aromatic rings. The summed E-state index contributed by atoms with van der Waals surface area (Å²) in [6, 6.07) is 12.0. The first-order valence-electron chi connectivity index (χ1n) is 8.28. The zero-order valence-electron chi connectivity index (χ0n) is 13.8. The Balaban J connectivity index is 1.66. The largest absolute Gasteiger partial charge is 0.496 e. The van der Waals surface area contributed by atoms with Gasteiger partial charge >= 0.3 is 0 Å². The van der Waals surface area contributed by atoms with E-state index in [2.05, 4.69) is 28.2 Å². The van der Waals surface area contributed by atoms with Crippen molar-refractivity contribution in [2.45, 2.75) is 17.8 Å². The van der Waals surface area contributed by atoms with Crippen LogP contribution in [0.15, 0.2) is 43.0 Å². The lowest BCUT2D eigenvalue weighted by Gasteiger charge is -2.12. The van der Waals surface area contributed by atoms with Gasteiger partial charge in [-0.2, -0.15) is 5.10 Å². The number of aromatic amines is 1. The Labute approximate surface area is 144 Å². The molecule has 2 heterocycles. The lowest BCUT2D eigenvalue weighted by Crippen LogP contribution is -2.21. The number of fused-ring (bicyclic) bond motifs is 3. The zero-order valence-corrected chi connectivity index (χ0v) is 13.8. The molecule has 2 atom stereocenters. The van der Waals surface area contributed by atoms with Crippen molar-refractivity contribution < 1.29 is 9.53 Å². The summed E-state index contributed by atoms with van der Waals surface area (Å²) >= 11 is 0. The highest BCUT2D eigenvalue weighted by Gasteiger charge is 2.65. The molecule has 0 bridgehead atoms. The molecule has 1 saturated carbocycles. The number of amides is 1. The van der Waals surface area contributed by atoms with E-state index < -0.39 is 5.41 Å². The molecule has 2 aromatic carbocycles. The van der Waals surface area contributed by atoms with Gasteiger partial charge in [0.05, 0.1) is 23.7 Å². The molecular weight excluding hydrogens is 314 g/mol. The average Bonchev–Trinajstić information content (AvgIpc) is 3.16. The number of nitrogens with zero attached hydrogens (tertiary/aromatic N) is 1. The molecule has 0 unspecified atom stereocenters. The number of ether oxygens (including phenoxy) is 1. The highest BCUT2D eigenvalue weighted by Crippen LogP contribution is 2.66. The van der Waals surface area contributed by atoms with Crippen LogP contribution in [0.4, 0.5) is 5.69 Å². The predicted molar refractivity (Wildman–Crippen MR) is 96.8 cm³/mol. The third-order valence-electron chi connectivity index (χ3n) is 5.53. The second-order valence-corrected chi connectivity index (χ2v) is 6.68. The van der Waals surface area contributed by atoms with Gasteiger partial charge in [-0.25, -0.2) is 0 Å². The van der Waals surface area contributed by atoms with E-state index in [1.807, 2.05) is 30.3 Å². The Morgan fingerprint density at radius 2 is 2.20 bits per heavy atom. The Kier molecular flexibility index (Phi) is 2.70. The van der Waals surface area contributed by atoms with Gasteiger partial charge in [0.1, 0.15) is 5.75 Å². The highest BCUT2D eigenvalue weighted by molar-refractivity contribution is 6.10. The number of rotatable bonds is 3. The number of aromatic nitrogens is 2. The first-order chi connectivity index (χ1) is 12.2. The van der Waals surface area contributed by atoms with Gasteiger partial charge in [0, 0.05) is 22.6 Å². The Morgan fingerprint density at radius 3 is 3.00 bits per heavy atom. The van der Waals surface area contributed by atoms with E-state index in [1.54, 1.807) is 13.2 Å². The van der Waals surface area contributed by atoms with E-state index in [1.165, 1.54) is 0 Å². The SMILES string of the molecule is C=Cc1n[nH]c2cc([C@@H]3C[C@@]34C(=O)Nc3ccccc34)c(OC)cc12. The van der Waals surface area contributed by atoms with Crippen molar-refractivity contribution >= 4 is 28.6 Å². The predicted octanol–water partition coefficient (Wildman–Crippen LogP) is 3.59. The smallest absolute Gasteiger partial charge is 0.235 e. The molecule has 1 fully saturated rings. The Bertz CT molecular complexity index is 1050. The fourth-order valence-electron chi connectivity index (χ4n) is 4.21. The molecular formula is C20H17N3O2. The minimum absolute atomic E-state index is 0.0808. The van der Waals surface area contributed by atoms with Crippen LogP contribution in [0, 0.1) is 0 Å². The number of para-hydroxylation sites is 1. The molecule has 1 amide bonds. The molecule has 1 aromatic heterocycles. The lowest BCUT2D eigenvalue weighted by atomic mass is 9.91. The first-order valence-corrected chi connectivity index (χ1v) is 8.28. The van der Waals surface area contributed by atoms with Gasteiger partial charge < -0.3 is 10.1 Å². The third kappa shape index (κ3) is 1.72. The summed E-state index contributed by atoms with van der Waals surface area (Å²) in [4.78, 5) is 12.7. The molecule has 2 N–H and O–H groups in total. The number of methoxy groups -OCH3 is 1. The van der Waals surface area contributed by atoms with Gasteiger partial charge in [0.15, 0.2) is 0 Å². The standard InChI is InChI=1S/C20H17N3O2/c1-3-15-12-9-18(25-2)11(8-17(12)23-22-15)14-10-20(14)13-6-4-5-7-16(13)21-19(20)24/h3-9,14H,1,10H2,2H3,(H,21,24)(H,22,23)/t14-,20-/m0/s1. The van der Waals surface area contributed by atoms with Gasteiger partial charge in [-0.15, -0.1) is 0 Å². The summed E-state index contributed by atoms with van der Waals surface area (Å²) in [7, 11) is 1.66. The number of anilines is 1. The molecule has 1 aliphatic carbocycles. The van der Waals surface area contributed by atoms with Crippen LogP contribution < -0.4 is 10.1 Å². The van der Waals surface area contributed by atoms with Crippen LogP contribution >= 0.6 is 0 Å². The van der Waals surface area contributed by atoms with Crippen molar-refractivity contribution in [3.8, 4) is 5.75 Å². The summed E-state index contributed by atoms with van der Waals surface area (Å²) in [5.41, 5.74) is 4.31. The summed E-state index contributed by atoms with van der Waals surface area (Å²) < 4.78 is 5.64. The van der Waals surface area contributed by atoms with Gasteiger partial charge in [-0.1, -0.05) is 24.8 Å². The molecule has 0 saturated heterocycles. The van der Waals surface area contributed by atoms with Crippen LogP contribution in [0.2, 0.25) is 0 Å². The van der Waals surface area contributed by atoms with E-state index in [9.17, 15) is 4.79 Å². The first kappa shape index (κ1) is 14.3. The Morgan fingerprint density at radius 1 is 1.36 bits per heavy atom. The zero-order chi connectivity index (χ0) is 17.2. The maximum Gasteiger partial charge on any atom is 0.235 e. The molecule has 5 heteroatoms. The highest BCUT2D eigenvalue weighted by atomic mass is 16.5. The molecule has 1 aliphatic heterocycles. The number of hydrogen-bond acceptors (Lipinski definition) is 3. The van der Waals surface area contributed by atoms with Crippen LogP contribution in [0.25, 0.3) is 17.0 Å². The molecule has 0 radical (unpaired) electrons. The van der Waals surface area contributed by atoms with Gasteiger partial charge in [-0.3, -0.25) is 9.89 Å². The van der Waals surface area contributed by atoms with Crippen molar-refractivity contribution in [1.29, 1.82) is 0 Å². The number of hydrogen-bond donors (Lipinski definition) is 2. The van der Waals surface area contributed by atoms with Crippen molar-refractivity contribution in [2.75, 3.05) is 12.4 Å². The second kappa shape index (κ2) is 4.72. The van der Waals surface area contributed by atoms with Crippen LogP contribution in [-0.4, -0.2) is 23.2 Å². The van der Waals surface area contributed by atoms with Gasteiger partial charge in [0.25, 0.3) is 0 Å². The number of H-pyrrole nitrogens is 1. The minimum atomic E-state index is -0.473. The van der Waals surface area contributed by atoms with Crippen LogP contribution in [-0.2, 0) is 10.2 Å². The van der Waals surface area contributed by atoms with E-state index >= 15 is 0 Å². The maximum atomic E-state index is 12.7. The van der Waals surface area contributed by atoms with Crippen molar-refractivity contribution in [1.82, 2.24) is 10.2 Å². The van der Waals surface area contributed by atoms with Crippen molar-refractivity contribution in [3.63, 3.8) is 0 Å². The quantitative estimate of drug-likeness (QED) is 0.771. The van der Waals surface area contributed by atoms with Crippen LogP contribution in [0.5, 0.6) is 5.75 Å². The molecule has 5 rings (SSSR count). The number of carbonyl (C=O) groups excluding carboxylic acids is 1. The molecule has 2 aliphatic rings. The number of nitrogens with one attached hydrogen (secondary N) is 2. The van der Waals surface area contributed by atoms with Crippen molar-refractivity contribution in [2.24, 2.45) is 0 Å². The fraction of sp³-hybridized carbons (Fsp3) is 0.200. The average molecular weight is 331 g/mol. The van der Waals surface area contributed by atoms with E-state index in [0.29, 0.717) is 0 Å². The summed E-state index contributed by atoms with van der Waals surface area (Å²) in [5.74, 6) is 0.972. The van der Waals surface area contributed by atoms with Crippen LogP contribution in [0.3, 0.4) is 0 Å². The number of carbonyl (C=O) groups is 1. The third-order valence-corrected chi connectivity index (χ3v) is 5.53. The molecule has 25 heavy (non-hydrogen) atoms. The maximum absolute atomic E-state index is 12.7. The van der Waals surface area contributed by atoms with E-state index in [4.69, 9.17) is 4.74 Å². The summed E-state index contributed by atoms with van der Waals surface area (Å²) in [6.45, 7) is 3.80. The van der Waals surface area contributed by atoms with Crippen LogP contribution in [0.1, 0.15) is 29.2 Å². The lowest BCUT2D eigenvalue weighted by molar-refractivity contribution is -0.118. The summed E-state index contributed by atoms with van der Waals surface area (Å²) in [6.07, 6.45) is 2.51. The monoisotopic (exact) mass is 331 g/mol. The number of benzene rings is 2. The molecule has 124 valence electrons. The van der Waals surface area contributed by atoms with E-state index in [0.717, 1.165) is 45.6 Å². The second-order valence-electron chi connectivity index (χ2n) is 6.68. The van der Waals surface area contributed by atoms with E-state index in [-0.39, 0.29) is 11.8 Å². The van der Waals surface area contributed by atoms with Crippen molar-refractivity contribution in [3.05, 3.63) is 59.8 Å². The molecule has 5 nitrogen and oxygen atoms in total. The molecule has 1 spiro atoms. The normalized spacial score (nSPS) is 23.6. The van der Waals surface area contributed by atoms with Gasteiger partial charge in [0.2, 0.25) is 5.91 Å². The summed E-state index contributed by atoms with van der Waals surface area (Å²) in [5, 5.41) is 11.3. The fourth-order valence-corrected chi connectivity index (χ4v) is 4.21. The van der Waals surface area contributed by atoms with Gasteiger partial charge in [-0.05, 0) is 36.3 Å². The topological polar surface area (TPSA) is 67.0 Å². The minimum Gasteiger partial charge on any atom is -0.496 e.